The number of nitrogens with one attached hydrogen (secondary N) is 1. The first kappa shape index (κ1) is 17.4. The van der Waals surface area contributed by atoms with Crippen molar-refractivity contribution in [3.8, 4) is 0 Å². The van der Waals surface area contributed by atoms with E-state index in [1.165, 1.54) is 0 Å². The average molecular weight is 287 g/mol. The van der Waals surface area contributed by atoms with Crippen LogP contribution in [0.5, 0.6) is 0 Å². The zero-order valence-corrected chi connectivity index (χ0v) is 12.7. The monoisotopic (exact) mass is 287 g/mol. The van der Waals surface area contributed by atoms with E-state index in [-0.39, 0.29) is 18.4 Å². The topological polar surface area (TPSA) is 87.8 Å². The lowest BCUT2D eigenvalue weighted by molar-refractivity contribution is -0.123. The molecule has 1 aliphatic rings. The SMILES string of the molecule is CC(C)CC(N)C(O)CC(=O)NCCN1CCOCC1. The Morgan fingerprint density at radius 3 is 2.65 bits per heavy atom. The molecule has 0 saturated carbocycles. The summed E-state index contributed by atoms with van der Waals surface area (Å²) in [5, 5.41) is 12.7. The second-order valence-corrected chi connectivity index (χ2v) is 5.87. The van der Waals surface area contributed by atoms with Gasteiger partial charge in [0.1, 0.15) is 0 Å². The Kier molecular flexibility index (Phi) is 8.06. The molecule has 0 aromatic heterocycles. The summed E-state index contributed by atoms with van der Waals surface area (Å²) in [6, 6.07) is -0.333. The molecule has 2 atom stereocenters. The van der Waals surface area contributed by atoms with E-state index in [0.717, 1.165) is 39.3 Å². The summed E-state index contributed by atoms with van der Waals surface area (Å²) in [6.45, 7) is 8.88. The molecular formula is C14H29N3O3. The number of rotatable bonds is 8. The summed E-state index contributed by atoms with van der Waals surface area (Å²) in [6.07, 6.45) is 0.0416. The fraction of sp³-hybridized carbons (Fsp3) is 0.929. The van der Waals surface area contributed by atoms with Gasteiger partial charge in [-0.15, -0.1) is 0 Å². The van der Waals surface area contributed by atoms with E-state index < -0.39 is 6.10 Å². The maximum Gasteiger partial charge on any atom is 0.222 e. The number of aliphatic hydroxyl groups is 1. The van der Waals surface area contributed by atoms with Crippen LogP contribution in [-0.4, -0.2) is 67.5 Å². The molecular weight excluding hydrogens is 258 g/mol. The molecule has 6 heteroatoms. The van der Waals surface area contributed by atoms with Crippen LogP contribution in [0.4, 0.5) is 0 Å². The summed E-state index contributed by atoms with van der Waals surface area (Å²) in [4.78, 5) is 14.0. The lowest BCUT2D eigenvalue weighted by Gasteiger charge is -2.26. The minimum Gasteiger partial charge on any atom is -0.391 e. The van der Waals surface area contributed by atoms with Gasteiger partial charge in [0.2, 0.25) is 5.91 Å². The fourth-order valence-corrected chi connectivity index (χ4v) is 2.29. The van der Waals surface area contributed by atoms with Gasteiger partial charge in [-0.25, -0.2) is 0 Å². The number of carbonyl (C=O) groups excluding carboxylic acids is 1. The van der Waals surface area contributed by atoms with Gasteiger partial charge in [0.25, 0.3) is 0 Å². The smallest absolute Gasteiger partial charge is 0.222 e. The zero-order valence-electron chi connectivity index (χ0n) is 12.7. The van der Waals surface area contributed by atoms with Crippen LogP contribution in [0.15, 0.2) is 0 Å². The van der Waals surface area contributed by atoms with Crippen molar-refractivity contribution in [1.82, 2.24) is 10.2 Å². The Balaban J connectivity index is 2.12. The molecule has 118 valence electrons. The number of ether oxygens (including phenoxy) is 1. The molecule has 1 heterocycles. The highest BCUT2D eigenvalue weighted by Gasteiger charge is 2.19. The van der Waals surface area contributed by atoms with Gasteiger partial charge in [-0.1, -0.05) is 13.8 Å². The van der Waals surface area contributed by atoms with Gasteiger partial charge in [0.15, 0.2) is 0 Å². The summed E-state index contributed by atoms with van der Waals surface area (Å²) in [5.74, 6) is 0.286. The van der Waals surface area contributed by atoms with Crippen LogP contribution < -0.4 is 11.1 Å². The molecule has 0 aromatic carbocycles. The standard InChI is InChI=1S/C14H29N3O3/c1-11(2)9-12(15)13(18)10-14(19)16-3-4-17-5-7-20-8-6-17/h11-13,18H,3-10,15H2,1-2H3,(H,16,19). The van der Waals surface area contributed by atoms with Crippen molar-refractivity contribution in [2.45, 2.75) is 38.8 Å². The Morgan fingerprint density at radius 1 is 1.40 bits per heavy atom. The normalized spacial score (nSPS) is 19.9. The highest BCUT2D eigenvalue weighted by Crippen LogP contribution is 2.08. The molecule has 4 N–H and O–H groups in total. The van der Waals surface area contributed by atoms with E-state index in [1.807, 2.05) is 0 Å². The van der Waals surface area contributed by atoms with Crippen LogP contribution in [0.2, 0.25) is 0 Å². The maximum atomic E-state index is 11.7. The Labute approximate surface area is 121 Å². The Hall–Kier alpha value is -0.690. The van der Waals surface area contributed by atoms with Crippen LogP contribution in [-0.2, 0) is 9.53 Å². The third-order valence-corrected chi connectivity index (χ3v) is 3.49. The van der Waals surface area contributed by atoms with Crippen LogP contribution in [0, 0.1) is 5.92 Å². The molecule has 1 saturated heterocycles. The predicted octanol–water partition coefficient (Wildman–Crippen LogP) is -0.441. The van der Waals surface area contributed by atoms with Crippen molar-refractivity contribution in [3.05, 3.63) is 0 Å². The first-order valence-corrected chi connectivity index (χ1v) is 7.49. The third kappa shape index (κ3) is 7.19. The molecule has 0 bridgehead atoms. The zero-order chi connectivity index (χ0) is 15.0. The minimum absolute atomic E-state index is 0.0804. The van der Waals surface area contributed by atoms with E-state index in [4.69, 9.17) is 10.5 Å². The van der Waals surface area contributed by atoms with Gasteiger partial charge in [0, 0.05) is 32.2 Å². The first-order chi connectivity index (χ1) is 9.49. The van der Waals surface area contributed by atoms with Gasteiger partial charge in [-0.2, -0.15) is 0 Å². The van der Waals surface area contributed by atoms with Gasteiger partial charge >= 0.3 is 0 Å². The van der Waals surface area contributed by atoms with Crippen LogP contribution in [0.3, 0.4) is 0 Å². The van der Waals surface area contributed by atoms with E-state index in [9.17, 15) is 9.90 Å². The van der Waals surface area contributed by atoms with Crippen molar-refractivity contribution in [2.75, 3.05) is 39.4 Å². The maximum absolute atomic E-state index is 11.7. The largest absolute Gasteiger partial charge is 0.391 e. The molecule has 1 fully saturated rings. The van der Waals surface area contributed by atoms with Crippen LogP contribution in [0.25, 0.3) is 0 Å². The fourth-order valence-electron chi connectivity index (χ4n) is 2.29. The van der Waals surface area contributed by atoms with Crippen molar-refractivity contribution >= 4 is 5.91 Å². The van der Waals surface area contributed by atoms with Gasteiger partial charge in [0.05, 0.1) is 25.7 Å². The van der Waals surface area contributed by atoms with Gasteiger partial charge in [-0.3, -0.25) is 9.69 Å². The molecule has 1 aliphatic heterocycles. The number of morpholine rings is 1. The lowest BCUT2D eigenvalue weighted by Crippen LogP contribution is -2.43. The number of aliphatic hydroxyl groups excluding tert-OH is 1. The molecule has 0 spiro atoms. The van der Waals surface area contributed by atoms with Crippen molar-refractivity contribution in [1.29, 1.82) is 0 Å². The van der Waals surface area contributed by atoms with Crippen molar-refractivity contribution < 1.29 is 14.6 Å². The summed E-state index contributed by atoms with van der Waals surface area (Å²) < 4.78 is 5.26. The van der Waals surface area contributed by atoms with Crippen molar-refractivity contribution in [3.63, 3.8) is 0 Å². The molecule has 1 amide bonds. The predicted molar refractivity (Wildman–Crippen MR) is 78.3 cm³/mol. The van der Waals surface area contributed by atoms with Crippen LogP contribution >= 0.6 is 0 Å². The van der Waals surface area contributed by atoms with Gasteiger partial charge < -0.3 is 20.9 Å². The Bertz CT molecular complexity index is 281. The molecule has 2 unspecified atom stereocenters. The average Bonchev–Trinajstić information content (AvgIpc) is 2.39. The highest BCUT2D eigenvalue weighted by atomic mass is 16.5. The molecule has 6 nitrogen and oxygen atoms in total. The number of hydrogen-bond acceptors (Lipinski definition) is 5. The van der Waals surface area contributed by atoms with E-state index in [2.05, 4.69) is 24.1 Å². The summed E-state index contributed by atoms with van der Waals surface area (Å²) in [7, 11) is 0. The molecule has 0 aliphatic carbocycles. The van der Waals surface area contributed by atoms with Crippen LogP contribution in [0.1, 0.15) is 26.7 Å². The van der Waals surface area contributed by atoms with E-state index >= 15 is 0 Å². The molecule has 1 rings (SSSR count). The molecule has 0 aromatic rings. The highest BCUT2D eigenvalue weighted by molar-refractivity contribution is 5.76. The number of hydrogen-bond donors (Lipinski definition) is 3. The summed E-state index contributed by atoms with van der Waals surface area (Å²) >= 11 is 0. The number of nitrogens with zero attached hydrogens (tertiary/aromatic N) is 1. The van der Waals surface area contributed by atoms with Crippen molar-refractivity contribution in [2.24, 2.45) is 11.7 Å². The van der Waals surface area contributed by atoms with Gasteiger partial charge in [-0.05, 0) is 12.3 Å². The Morgan fingerprint density at radius 2 is 2.05 bits per heavy atom. The second-order valence-electron chi connectivity index (χ2n) is 5.87. The minimum atomic E-state index is -0.763. The van der Waals surface area contributed by atoms with E-state index in [0.29, 0.717) is 12.5 Å². The molecule has 20 heavy (non-hydrogen) atoms. The number of carbonyl (C=O) groups is 1. The number of nitrogens with two attached hydrogens (primary N) is 1. The quantitative estimate of drug-likeness (QED) is 0.563. The molecule has 0 radical (unpaired) electrons. The first-order valence-electron chi connectivity index (χ1n) is 7.49. The third-order valence-electron chi connectivity index (χ3n) is 3.49. The second kappa shape index (κ2) is 9.28. The van der Waals surface area contributed by atoms with E-state index in [1.54, 1.807) is 0 Å². The lowest BCUT2D eigenvalue weighted by atomic mass is 9.98. The number of amides is 1. The summed E-state index contributed by atoms with van der Waals surface area (Å²) in [5.41, 5.74) is 5.86.